The van der Waals surface area contributed by atoms with E-state index in [0.29, 0.717) is 0 Å². The fraction of sp³-hybridized carbons (Fsp3) is 0.0294. The number of benzene rings is 9. The first-order chi connectivity index (χ1) is 35.6. The van der Waals surface area contributed by atoms with E-state index in [1.807, 2.05) is 38.2 Å². The predicted molar refractivity (Wildman–Crippen MR) is 314 cm³/mol. The van der Waals surface area contributed by atoms with E-state index in [1.54, 1.807) is 0 Å². The van der Waals surface area contributed by atoms with E-state index in [1.165, 1.54) is 35.2 Å². The summed E-state index contributed by atoms with van der Waals surface area (Å²) in [6, 6.07) is 84.8. The molecule has 2 aromatic heterocycles. The maximum Gasteiger partial charge on any atom is 0.0788 e. The lowest BCUT2D eigenvalue weighted by Gasteiger charge is -2.43. The van der Waals surface area contributed by atoms with Crippen molar-refractivity contribution in [1.29, 1.82) is 0 Å². The van der Waals surface area contributed by atoms with Crippen LogP contribution in [0.25, 0.3) is 55.0 Å². The molecule has 0 radical (unpaired) electrons. The van der Waals surface area contributed by atoms with Crippen LogP contribution < -0.4 is 0 Å². The monoisotopic (exact) mass is 966 g/mol. The van der Waals surface area contributed by atoms with Crippen molar-refractivity contribution >= 4 is 63.7 Å². The van der Waals surface area contributed by atoms with Gasteiger partial charge in [-0.05, 0) is 121 Å². The van der Waals surface area contributed by atoms with E-state index in [-0.39, 0.29) is 0 Å². The van der Waals surface area contributed by atoms with Crippen molar-refractivity contribution in [2.45, 2.75) is 43.2 Å². The van der Waals surface area contributed by atoms with Crippen LogP contribution in [0, 0.1) is 0 Å². The largest absolute Gasteiger partial charge is 0.307 e. The van der Waals surface area contributed by atoms with Crippen LogP contribution in [0.3, 0.4) is 0 Å². The Morgan fingerprint density at radius 2 is 0.681 bits per heavy atom. The molecule has 0 N–H and O–H groups in total. The molecule has 0 aliphatic heterocycles. The summed E-state index contributed by atoms with van der Waals surface area (Å²) in [5.41, 5.74) is 6.74. The average Bonchev–Trinajstić information content (AvgIpc) is 3.97. The lowest BCUT2D eigenvalue weighted by Crippen LogP contribution is -2.07. The summed E-state index contributed by atoms with van der Waals surface area (Å²) in [5.74, 6) is 0. The van der Waals surface area contributed by atoms with Crippen molar-refractivity contribution in [2.75, 3.05) is 0 Å². The second-order valence-electron chi connectivity index (χ2n) is 17.1. The van der Waals surface area contributed by atoms with Crippen molar-refractivity contribution in [3.8, 4) is 11.4 Å². The standard InChI is InChI=1S/C66H52N2S2.C2H6/c1-5-27-51(7-3)69(52(8-4)28-6-2,53-33-19-11-20-34-53)57-41-45-63-61(47-57)59-43-44-60-62-48-58(70(54-35-21-12-22-36-54,55-37-23-13-24-38-55)56-39-25-14-26-40-56)42-46-64(62)68(50-31-17-10-18-32-50)66(60)65(59)67(63)49-29-15-9-16-30-49;1-2/h5-48H,1-4H2;1-2H3/b51-27+,52-28+;. The Labute approximate surface area is 427 Å². The molecule has 0 atom stereocenters. The SMILES string of the molecule is C=C/C=C(\C=C)S(/C(C=C)=C/C=C)(c1ccccc1)c1ccc2c(c1)c1ccc3c4cc(S(c5ccccc5)(c5ccccc5)c5ccccc5)ccc4n(-c4ccccc4)c3c1n2-c1ccccc1.CC. The molecule has 0 aliphatic carbocycles. The third-order valence-electron chi connectivity index (χ3n) is 13.4. The third kappa shape index (κ3) is 7.63. The number of hydrogen-bond donors (Lipinski definition) is 0. The lowest BCUT2D eigenvalue weighted by atomic mass is 10.1. The summed E-state index contributed by atoms with van der Waals surface area (Å²) in [5, 5.41) is 4.70. The quantitative estimate of drug-likeness (QED) is 0.0961. The smallest absolute Gasteiger partial charge is 0.0788 e. The topological polar surface area (TPSA) is 9.86 Å². The highest BCUT2D eigenvalue weighted by Crippen LogP contribution is 2.75. The van der Waals surface area contributed by atoms with Crippen LogP contribution in [0.1, 0.15) is 13.8 Å². The highest BCUT2D eigenvalue weighted by molar-refractivity contribution is 8.40. The first kappa shape index (κ1) is 47.4. The van der Waals surface area contributed by atoms with Gasteiger partial charge in [-0.2, -0.15) is 0 Å². The zero-order valence-electron chi connectivity index (χ0n) is 40.9. The molecule has 0 saturated carbocycles. The summed E-state index contributed by atoms with van der Waals surface area (Å²) < 4.78 is 4.97. The molecule has 0 fully saturated rings. The minimum absolute atomic E-state index is 1.06. The minimum atomic E-state index is -2.15. The summed E-state index contributed by atoms with van der Waals surface area (Å²) in [6.07, 6.45) is 11.9. The van der Waals surface area contributed by atoms with E-state index >= 15 is 0 Å². The van der Waals surface area contributed by atoms with Crippen molar-refractivity contribution in [1.82, 2.24) is 9.13 Å². The van der Waals surface area contributed by atoms with E-state index < -0.39 is 20.1 Å². The molecule has 0 aliphatic rings. The Kier molecular flexibility index (Phi) is 13.6. The molecule has 0 bridgehead atoms. The van der Waals surface area contributed by atoms with Crippen LogP contribution >= 0.6 is 20.1 Å². The van der Waals surface area contributed by atoms with Gasteiger partial charge in [0, 0.05) is 72.1 Å². The van der Waals surface area contributed by atoms with Crippen molar-refractivity contribution in [3.05, 3.63) is 303 Å². The number of para-hydroxylation sites is 2. The third-order valence-corrected chi connectivity index (χ3v) is 21.3. The molecule has 2 heterocycles. The van der Waals surface area contributed by atoms with E-state index in [4.69, 9.17) is 0 Å². The molecular formula is C68H58N2S2. The van der Waals surface area contributed by atoms with Crippen molar-refractivity contribution in [2.24, 2.45) is 0 Å². The molecule has 2 nitrogen and oxygen atoms in total. The predicted octanol–water partition coefficient (Wildman–Crippen LogP) is 20.0. The summed E-state index contributed by atoms with van der Waals surface area (Å²) in [6.45, 7) is 21.2. The molecule has 11 aromatic rings. The first-order valence-corrected chi connectivity index (χ1v) is 27.8. The molecule has 72 heavy (non-hydrogen) atoms. The molecule has 0 spiro atoms. The van der Waals surface area contributed by atoms with Crippen LogP contribution in [0.5, 0.6) is 0 Å². The molecular weight excluding hydrogens is 909 g/mol. The maximum atomic E-state index is 4.41. The number of nitrogens with zero attached hydrogens (tertiary/aromatic N) is 2. The van der Waals surface area contributed by atoms with Gasteiger partial charge >= 0.3 is 0 Å². The molecule has 9 aromatic carbocycles. The number of aromatic nitrogens is 2. The van der Waals surface area contributed by atoms with Gasteiger partial charge in [0.25, 0.3) is 0 Å². The van der Waals surface area contributed by atoms with Gasteiger partial charge in [-0.15, -0.1) is 20.1 Å². The van der Waals surface area contributed by atoms with Crippen LogP contribution in [0.15, 0.2) is 332 Å². The van der Waals surface area contributed by atoms with Crippen molar-refractivity contribution < 1.29 is 0 Å². The zero-order valence-corrected chi connectivity index (χ0v) is 42.6. The first-order valence-electron chi connectivity index (χ1n) is 24.5. The normalized spacial score (nSPS) is 13.5. The van der Waals surface area contributed by atoms with Crippen molar-refractivity contribution in [3.63, 3.8) is 0 Å². The Morgan fingerprint density at radius 3 is 1.04 bits per heavy atom. The van der Waals surface area contributed by atoms with Gasteiger partial charge in [0.2, 0.25) is 0 Å². The van der Waals surface area contributed by atoms with E-state index in [2.05, 4.69) is 278 Å². The molecule has 0 unspecified atom stereocenters. The Hall–Kier alpha value is -8.28. The molecule has 0 saturated heterocycles. The van der Waals surface area contributed by atoms with Gasteiger partial charge in [0.15, 0.2) is 0 Å². The van der Waals surface area contributed by atoms with Crippen LogP contribution in [-0.2, 0) is 0 Å². The average molecular weight is 967 g/mol. The van der Waals surface area contributed by atoms with Gasteiger partial charge in [-0.25, -0.2) is 0 Å². The van der Waals surface area contributed by atoms with Gasteiger partial charge in [0.1, 0.15) is 0 Å². The van der Waals surface area contributed by atoms with Gasteiger partial charge in [-0.3, -0.25) is 0 Å². The Balaban J connectivity index is 0.00000295. The van der Waals surface area contributed by atoms with E-state index in [9.17, 15) is 0 Å². The van der Waals surface area contributed by atoms with E-state index in [0.717, 1.165) is 58.9 Å². The van der Waals surface area contributed by atoms with Crippen LogP contribution in [-0.4, -0.2) is 9.13 Å². The summed E-state index contributed by atoms with van der Waals surface area (Å²) in [4.78, 5) is 9.61. The number of allylic oxidation sites excluding steroid dienone is 6. The molecule has 352 valence electrons. The minimum Gasteiger partial charge on any atom is -0.307 e. The highest BCUT2D eigenvalue weighted by atomic mass is 32.3. The summed E-state index contributed by atoms with van der Waals surface area (Å²) >= 11 is 0. The second kappa shape index (κ2) is 20.6. The molecule has 0 amide bonds. The fourth-order valence-electron chi connectivity index (χ4n) is 10.6. The van der Waals surface area contributed by atoms with Gasteiger partial charge in [-0.1, -0.05) is 186 Å². The molecule has 11 rings (SSSR count). The number of rotatable bonds is 14. The van der Waals surface area contributed by atoms with Crippen LogP contribution in [0.4, 0.5) is 0 Å². The number of fused-ring (bicyclic) bond motifs is 7. The molecule has 4 heteroatoms. The zero-order chi connectivity index (χ0) is 49.7. The Bertz CT molecular complexity index is 3680. The summed E-state index contributed by atoms with van der Waals surface area (Å²) in [7, 11) is -4.10. The Morgan fingerprint density at radius 1 is 0.347 bits per heavy atom. The van der Waals surface area contributed by atoms with Gasteiger partial charge in [0.05, 0.1) is 22.1 Å². The highest BCUT2D eigenvalue weighted by Gasteiger charge is 2.36. The van der Waals surface area contributed by atoms with Crippen LogP contribution in [0.2, 0.25) is 0 Å². The number of hydrogen-bond acceptors (Lipinski definition) is 0. The van der Waals surface area contributed by atoms with Gasteiger partial charge < -0.3 is 9.13 Å². The maximum absolute atomic E-state index is 4.41. The lowest BCUT2D eigenvalue weighted by molar-refractivity contribution is 1.15. The fourth-order valence-corrected chi connectivity index (χ4v) is 18.3. The second-order valence-corrected chi connectivity index (χ2v) is 23.3.